The molecule has 0 aliphatic carbocycles. The second kappa shape index (κ2) is 8.24. The van der Waals surface area contributed by atoms with E-state index in [4.69, 9.17) is 4.74 Å². The maximum Gasteiger partial charge on any atom is 0.295 e. The number of aliphatic hydroxyl groups is 1. The summed E-state index contributed by atoms with van der Waals surface area (Å²) < 4.78 is 5.06. The third-order valence-electron chi connectivity index (χ3n) is 4.76. The Labute approximate surface area is 167 Å². The molecule has 0 saturated carbocycles. The van der Waals surface area contributed by atoms with E-state index in [-0.39, 0.29) is 30.0 Å². The fraction of sp³-hybridized carbons (Fsp3) is 0.238. The normalized spacial score (nSPS) is 18.3. The van der Waals surface area contributed by atoms with E-state index in [0.29, 0.717) is 5.56 Å². The predicted molar refractivity (Wildman–Crippen MR) is 105 cm³/mol. The molecule has 8 heteroatoms. The number of Topliss-reactive ketones (excluding diaryl/α,β-unsaturated/α-hetero) is 1. The minimum Gasteiger partial charge on any atom is -0.507 e. The molecule has 0 bridgehead atoms. The number of non-ortho nitro benzene ring substituents is 1. The fourth-order valence-corrected chi connectivity index (χ4v) is 3.41. The van der Waals surface area contributed by atoms with Crippen molar-refractivity contribution in [3.63, 3.8) is 0 Å². The van der Waals surface area contributed by atoms with Crippen LogP contribution in [0.2, 0.25) is 0 Å². The molecule has 2 aromatic carbocycles. The SMILES string of the molecule is COCCN1C(=O)C(=O)/C(=C(\O)c2cccc([N+](=O)[O-])c2)C1c1cccc(C)c1. The van der Waals surface area contributed by atoms with Crippen LogP contribution in [0.1, 0.15) is 22.7 Å². The molecule has 150 valence electrons. The van der Waals surface area contributed by atoms with Crippen LogP contribution in [0.3, 0.4) is 0 Å². The number of aliphatic hydroxyl groups excluding tert-OH is 1. The summed E-state index contributed by atoms with van der Waals surface area (Å²) in [5.74, 6) is -2.03. The summed E-state index contributed by atoms with van der Waals surface area (Å²) in [6.45, 7) is 2.25. The Hall–Kier alpha value is -3.52. The van der Waals surface area contributed by atoms with Gasteiger partial charge in [-0.1, -0.05) is 42.0 Å². The van der Waals surface area contributed by atoms with Gasteiger partial charge in [0, 0.05) is 31.4 Å². The van der Waals surface area contributed by atoms with Crippen LogP contribution < -0.4 is 0 Å². The number of hydrogen-bond donors (Lipinski definition) is 1. The third-order valence-corrected chi connectivity index (χ3v) is 4.76. The minimum atomic E-state index is -0.836. The van der Waals surface area contributed by atoms with Gasteiger partial charge in [-0.25, -0.2) is 0 Å². The molecule has 3 rings (SSSR count). The van der Waals surface area contributed by atoms with Crippen molar-refractivity contribution in [1.82, 2.24) is 4.90 Å². The lowest BCUT2D eigenvalue weighted by Crippen LogP contribution is -2.32. The quantitative estimate of drug-likeness (QED) is 0.264. The molecule has 8 nitrogen and oxygen atoms in total. The van der Waals surface area contributed by atoms with Crippen LogP contribution in [0, 0.1) is 17.0 Å². The van der Waals surface area contributed by atoms with Crippen LogP contribution in [0.4, 0.5) is 5.69 Å². The van der Waals surface area contributed by atoms with Gasteiger partial charge in [-0.05, 0) is 12.5 Å². The summed E-state index contributed by atoms with van der Waals surface area (Å²) in [5.41, 5.74) is 1.36. The van der Waals surface area contributed by atoms with Crippen LogP contribution in [0.25, 0.3) is 5.76 Å². The lowest BCUT2D eigenvalue weighted by atomic mass is 9.94. The molecule has 0 radical (unpaired) electrons. The largest absolute Gasteiger partial charge is 0.507 e. The summed E-state index contributed by atoms with van der Waals surface area (Å²) in [4.78, 5) is 37.3. The third kappa shape index (κ3) is 3.88. The van der Waals surface area contributed by atoms with E-state index in [1.54, 1.807) is 12.1 Å². The number of hydrogen-bond acceptors (Lipinski definition) is 6. The smallest absolute Gasteiger partial charge is 0.295 e. The molecule has 1 aliphatic heterocycles. The number of nitro groups is 1. The number of carbonyl (C=O) groups is 2. The van der Waals surface area contributed by atoms with Crippen molar-refractivity contribution in [2.45, 2.75) is 13.0 Å². The van der Waals surface area contributed by atoms with E-state index in [9.17, 15) is 24.8 Å². The zero-order valence-electron chi connectivity index (χ0n) is 16.0. The number of ether oxygens (including phenoxy) is 1. The van der Waals surface area contributed by atoms with E-state index in [2.05, 4.69) is 0 Å². The van der Waals surface area contributed by atoms with Gasteiger partial charge in [0.1, 0.15) is 5.76 Å². The average molecular weight is 396 g/mol. The van der Waals surface area contributed by atoms with Gasteiger partial charge >= 0.3 is 0 Å². The Morgan fingerprint density at radius 2 is 1.93 bits per heavy atom. The molecule has 1 N–H and O–H groups in total. The number of carbonyl (C=O) groups excluding carboxylic acids is 2. The molecule has 1 aliphatic rings. The van der Waals surface area contributed by atoms with Gasteiger partial charge < -0.3 is 14.7 Å². The van der Waals surface area contributed by atoms with Gasteiger partial charge in [0.15, 0.2) is 0 Å². The molecular formula is C21H20N2O6. The highest BCUT2D eigenvalue weighted by molar-refractivity contribution is 6.46. The van der Waals surface area contributed by atoms with Crippen LogP contribution in [0.15, 0.2) is 54.1 Å². The first-order valence-corrected chi connectivity index (χ1v) is 8.94. The molecule has 2 aromatic rings. The van der Waals surface area contributed by atoms with Crippen molar-refractivity contribution in [1.29, 1.82) is 0 Å². The Bertz CT molecular complexity index is 1010. The monoisotopic (exact) mass is 396 g/mol. The zero-order valence-corrected chi connectivity index (χ0v) is 16.0. The van der Waals surface area contributed by atoms with E-state index >= 15 is 0 Å². The van der Waals surface area contributed by atoms with Gasteiger partial charge in [0.05, 0.1) is 23.1 Å². The molecular weight excluding hydrogens is 376 g/mol. The standard InChI is InChI=1S/C21H20N2O6/c1-13-5-3-6-14(11-13)18-17(20(25)21(26)22(18)9-10-29-2)19(24)15-7-4-8-16(12-15)23(27)28/h3-8,11-12,18,24H,9-10H2,1-2H3/b19-17-. The van der Waals surface area contributed by atoms with Gasteiger partial charge in [0.25, 0.3) is 17.4 Å². The van der Waals surface area contributed by atoms with Gasteiger partial charge in [-0.3, -0.25) is 19.7 Å². The minimum absolute atomic E-state index is 0.0987. The summed E-state index contributed by atoms with van der Waals surface area (Å²) >= 11 is 0. The number of ketones is 1. The second-order valence-corrected chi connectivity index (χ2v) is 6.71. The topological polar surface area (TPSA) is 110 Å². The molecule has 0 spiro atoms. The van der Waals surface area contributed by atoms with Gasteiger partial charge in [-0.2, -0.15) is 0 Å². The van der Waals surface area contributed by atoms with E-state index < -0.39 is 28.4 Å². The number of nitro benzene ring substituents is 1. The first kappa shape index (κ1) is 20.2. The highest BCUT2D eigenvalue weighted by atomic mass is 16.6. The lowest BCUT2D eigenvalue weighted by molar-refractivity contribution is -0.384. The summed E-state index contributed by atoms with van der Waals surface area (Å²) in [7, 11) is 1.49. The Morgan fingerprint density at radius 3 is 2.59 bits per heavy atom. The van der Waals surface area contributed by atoms with Crippen molar-refractivity contribution in [2.24, 2.45) is 0 Å². The van der Waals surface area contributed by atoms with Crippen molar-refractivity contribution < 1.29 is 24.4 Å². The zero-order chi connectivity index (χ0) is 21.1. The van der Waals surface area contributed by atoms with Gasteiger partial charge in [-0.15, -0.1) is 0 Å². The number of methoxy groups -OCH3 is 1. The van der Waals surface area contributed by atoms with Crippen LogP contribution >= 0.6 is 0 Å². The molecule has 1 unspecified atom stereocenters. The molecule has 1 amide bonds. The number of aryl methyl sites for hydroxylation is 1. The molecule has 1 saturated heterocycles. The van der Waals surface area contributed by atoms with Crippen LogP contribution in [-0.4, -0.2) is 46.9 Å². The van der Waals surface area contributed by atoms with Crippen molar-refractivity contribution in [2.75, 3.05) is 20.3 Å². The van der Waals surface area contributed by atoms with Gasteiger partial charge in [0.2, 0.25) is 0 Å². The van der Waals surface area contributed by atoms with Crippen LogP contribution in [-0.2, 0) is 14.3 Å². The van der Waals surface area contributed by atoms with E-state index in [1.807, 2.05) is 19.1 Å². The maximum atomic E-state index is 12.8. The molecule has 1 atom stereocenters. The second-order valence-electron chi connectivity index (χ2n) is 6.71. The van der Waals surface area contributed by atoms with Crippen molar-refractivity contribution in [3.05, 3.63) is 80.9 Å². The summed E-state index contributed by atoms with van der Waals surface area (Å²) in [5, 5.41) is 22.0. The Kier molecular flexibility index (Phi) is 5.74. The number of benzene rings is 2. The van der Waals surface area contributed by atoms with E-state index in [0.717, 1.165) is 5.56 Å². The number of nitrogens with zero attached hydrogens (tertiary/aromatic N) is 2. The summed E-state index contributed by atoms with van der Waals surface area (Å²) in [6, 6.07) is 11.8. The highest BCUT2D eigenvalue weighted by Crippen LogP contribution is 2.39. The lowest BCUT2D eigenvalue weighted by Gasteiger charge is -2.25. The Balaban J connectivity index is 2.19. The fourth-order valence-electron chi connectivity index (χ4n) is 3.41. The number of rotatable bonds is 6. The van der Waals surface area contributed by atoms with Crippen molar-refractivity contribution >= 4 is 23.1 Å². The molecule has 1 heterocycles. The predicted octanol–water partition coefficient (Wildman–Crippen LogP) is 2.97. The highest BCUT2D eigenvalue weighted by Gasteiger charge is 2.45. The molecule has 29 heavy (non-hydrogen) atoms. The summed E-state index contributed by atoms with van der Waals surface area (Å²) in [6.07, 6.45) is 0. The number of amides is 1. The first-order valence-electron chi connectivity index (χ1n) is 8.94. The molecule has 0 aromatic heterocycles. The molecule has 1 fully saturated rings. The van der Waals surface area contributed by atoms with E-state index in [1.165, 1.54) is 36.3 Å². The Morgan fingerprint density at radius 1 is 1.21 bits per heavy atom. The average Bonchev–Trinajstić information content (AvgIpc) is 2.96. The maximum absolute atomic E-state index is 12.8. The number of likely N-dealkylation sites (tertiary alicyclic amines) is 1. The first-order chi connectivity index (χ1) is 13.8. The van der Waals surface area contributed by atoms with Crippen molar-refractivity contribution in [3.8, 4) is 0 Å². The van der Waals surface area contributed by atoms with Crippen LogP contribution in [0.5, 0.6) is 0 Å².